The van der Waals surface area contributed by atoms with Crippen LogP contribution >= 0.6 is 15.9 Å². The maximum absolute atomic E-state index is 12.0. The van der Waals surface area contributed by atoms with Gasteiger partial charge in [-0.25, -0.2) is 9.67 Å². The van der Waals surface area contributed by atoms with E-state index in [9.17, 15) is 9.59 Å². The molecule has 8 heteroatoms. The number of anilines is 1. The molecule has 2 N–H and O–H groups in total. The highest BCUT2D eigenvalue weighted by Crippen LogP contribution is 2.15. The van der Waals surface area contributed by atoms with E-state index in [2.05, 4.69) is 36.3 Å². The molecule has 2 heterocycles. The van der Waals surface area contributed by atoms with E-state index in [-0.39, 0.29) is 18.0 Å². The summed E-state index contributed by atoms with van der Waals surface area (Å²) in [5.74, 6) is -0.250. The fraction of sp³-hybridized carbons (Fsp3) is 0.0769. The fourth-order valence-corrected chi connectivity index (χ4v) is 2.32. The summed E-state index contributed by atoms with van der Waals surface area (Å²) in [6, 6.07) is 7.27. The van der Waals surface area contributed by atoms with Crippen LogP contribution in [0.15, 0.2) is 46.1 Å². The first-order chi connectivity index (χ1) is 10.1. The predicted molar refractivity (Wildman–Crippen MR) is 80.9 cm³/mol. The Hall–Kier alpha value is -2.48. The number of aromatic amines is 1. The summed E-state index contributed by atoms with van der Waals surface area (Å²) in [6.07, 6.45) is 2.68. The van der Waals surface area contributed by atoms with E-state index < -0.39 is 0 Å². The van der Waals surface area contributed by atoms with E-state index in [1.807, 2.05) is 12.1 Å². The van der Waals surface area contributed by atoms with Crippen molar-refractivity contribution in [2.75, 3.05) is 5.32 Å². The van der Waals surface area contributed by atoms with Crippen molar-refractivity contribution < 1.29 is 4.79 Å². The zero-order valence-electron chi connectivity index (χ0n) is 10.7. The van der Waals surface area contributed by atoms with Crippen LogP contribution in [0.3, 0.4) is 0 Å². The summed E-state index contributed by atoms with van der Waals surface area (Å²) in [7, 11) is 0. The fourth-order valence-electron chi connectivity index (χ4n) is 1.92. The molecule has 0 fully saturated rings. The van der Waals surface area contributed by atoms with Gasteiger partial charge in [-0.15, -0.1) is 0 Å². The van der Waals surface area contributed by atoms with Gasteiger partial charge in [0.25, 0.3) is 5.56 Å². The lowest BCUT2D eigenvalue weighted by molar-refractivity contribution is -0.116. The number of H-pyrrole nitrogens is 1. The minimum atomic E-state index is -0.279. The molecule has 21 heavy (non-hydrogen) atoms. The van der Waals surface area contributed by atoms with Gasteiger partial charge in [0, 0.05) is 10.2 Å². The van der Waals surface area contributed by atoms with Gasteiger partial charge in [-0.05, 0) is 18.2 Å². The van der Waals surface area contributed by atoms with Gasteiger partial charge in [-0.2, -0.15) is 5.10 Å². The SMILES string of the molecule is O=C(Cn1ncc2c(=O)[nH]cnc21)Nc1cccc(Br)c1. The van der Waals surface area contributed by atoms with Crippen LogP contribution in [0.2, 0.25) is 0 Å². The Balaban J connectivity index is 1.81. The van der Waals surface area contributed by atoms with Gasteiger partial charge < -0.3 is 10.3 Å². The number of nitrogens with one attached hydrogen (secondary N) is 2. The summed E-state index contributed by atoms with van der Waals surface area (Å²) in [4.78, 5) is 30.1. The molecule has 2 aromatic heterocycles. The van der Waals surface area contributed by atoms with Gasteiger partial charge in [-0.3, -0.25) is 9.59 Å². The minimum Gasteiger partial charge on any atom is -0.324 e. The number of hydrogen-bond donors (Lipinski definition) is 2. The topological polar surface area (TPSA) is 92.7 Å². The van der Waals surface area contributed by atoms with Crippen molar-refractivity contribution in [2.45, 2.75) is 6.54 Å². The van der Waals surface area contributed by atoms with E-state index >= 15 is 0 Å². The highest BCUT2D eigenvalue weighted by atomic mass is 79.9. The van der Waals surface area contributed by atoms with Gasteiger partial charge in [0.2, 0.25) is 5.91 Å². The van der Waals surface area contributed by atoms with E-state index in [1.165, 1.54) is 17.2 Å². The molecular formula is C13H10BrN5O2. The van der Waals surface area contributed by atoms with Crippen LogP contribution in [0.25, 0.3) is 11.0 Å². The molecule has 0 saturated carbocycles. The van der Waals surface area contributed by atoms with Crippen molar-refractivity contribution in [3.8, 4) is 0 Å². The average Bonchev–Trinajstić information content (AvgIpc) is 2.83. The Kier molecular flexibility index (Phi) is 3.53. The van der Waals surface area contributed by atoms with E-state index in [0.29, 0.717) is 16.7 Å². The number of halogens is 1. The molecule has 0 aliphatic rings. The standard InChI is InChI=1S/C13H10BrN5O2/c14-8-2-1-3-9(4-8)18-11(20)6-19-12-10(5-17-19)13(21)16-7-15-12/h1-5,7H,6H2,(H,18,20)(H,15,16,21). The van der Waals surface area contributed by atoms with Crippen LogP contribution in [-0.4, -0.2) is 25.7 Å². The number of nitrogens with zero attached hydrogens (tertiary/aromatic N) is 3. The van der Waals surface area contributed by atoms with Crippen LogP contribution in [0.5, 0.6) is 0 Å². The van der Waals surface area contributed by atoms with E-state index in [1.54, 1.807) is 12.1 Å². The van der Waals surface area contributed by atoms with Crippen LogP contribution in [0.1, 0.15) is 0 Å². The summed E-state index contributed by atoms with van der Waals surface area (Å²) in [5.41, 5.74) is 0.776. The van der Waals surface area contributed by atoms with Gasteiger partial charge in [0.05, 0.1) is 12.5 Å². The van der Waals surface area contributed by atoms with E-state index in [0.717, 1.165) is 4.47 Å². The number of rotatable bonds is 3. The third-order valence-electron chi connectivity index (χ3n) is 2.84. The lowest BCUT2D eigenvalue weighted by Crippen LogP contribution is -2.20. The average molecular weight is 348 g/mol. The predicted octanol–water partition coefficient (Wildman–Crippen LogP) is 1.52. The number of benzene rings is 1. The monoisotopic (exact) mass is 347 g/mol. The number of carbonyl (C=O) groups excluding carboxylic acids is 1. The molecule has 1 aromatic carbocycles. The number of carbonyl (C=O) groups is 1. The third-order valence-corrected chi connectivity index (χ3v) is 3.33. The Bertz CT molecular complexity index is 870. The number of amides is 1. The molecule has 3 rings (SSSR count). The third kappa shape index (κ3) is 2.84. The van der Waals surface area contributed by atoms with Crippen molar-refractivity contribution in [2.24, 2.45) is 0 Å². The zero-order chi connectivity index (χ0) is 14.8. The highest BCUT2D eigenvalue weighted by molar-refractivity contribution is 9.10. The highest BCUT2D eigenvalue weighted by Gasteiger charge is 2.10. The summed E-state index contributed by atoms with van der Waals surface area (Å²) >= 11 is 3.34. The minimum absolute atomic E-state index is 0.0214. The number of hydrogen-bond acceptors (Lipinski definition) is 4. The first kappa shape index (κ1) is 13.5. The van der Waals surface area contributed by atoms with Crippen molar-refractivity contribution >= 4 is 38.6 Å². The van der Waals surface area contributed by atoms with Crippen molar-refractivity contribution in [3.63, 3.8) is 0 Å². The Labute approximate surface area is 127 Å². The summed E-state index contributed by atoms with van der Waals surface area (Å²) in [6.45, 7) is -0.0214. The second-order valence-electron chi connectivity index (χ2n) is 4.33. The van der Waals surface area contributed by atoms with Crippen LogP contribution < -0.4 is 10.9 Å². The molecular weight excluding hydrogens is 338 g/mol. The maximum atomic E-state index is 12.0. The number of aromatic nitrogens is 4. The van der Waals surface area contributed by atoms with Crippen LogP contribution in [-0.2, 0) is 11.3 Å². The van der Waals surface area contributed by atoms with Crippen molar-refractivity contribution in [3.05, 3.63) is 51.6 Å². The summed E-state index contributed by atoms with van der Waals surface area (Å²) < 4.78 is 2.26. The lowest BCUT2D eigenvalue weighted by atomic mass is 10.3. The second-order valence-corrected chi connectivity index (χ2v) is 5.25. The second kappa shape index (κ2) is 5.49. The molecule has 106 valence electrons. The van der Waals surface area contributed by atoms with Crippen molar-refractivity contribution in [1.29, 1.82) is 0 Å². The first-order valence-electron chi connectivity index (χ1n) is 6.08. The molecule has 0 unspecified atom stereocenters. The van der Waals surface area contributed by atoms with E-state index in [4.69, 9.17) is 0 Å². The molecule has 0 saturated heterocycles. The molecule has 0 atom stereocenters. The summed E-state index contributed by atoms with van der Waals surface area (Å²) in [5, 5.41) is 7.13. The largest absolute Gasteiger partial charge is 0.324 e. The van der Waals surface area contributed by atoms with Gasteiger partial charge in [-0.1, -0.05) is 22.0 Å². The van der Waals surface area contributed by atoms with Gasteiger partial charge in [0.1, 0.15) is 11.9 Å². The first-order valence-corrected chi connectivity index (χ1v) is 6.87. The molecule has 0 radical (unpaired) electrons. The van der Waals surface area contributed by atoms with Crippen molar-refractivity contribution in [1.82, 2.24) is 19.7 Å². The molecule has 1 amide bonds. The van der Waals surface area contributed by atoms with Gasteiger partial charge >= 0.3 is 0 Å². The normalized spacial score (nSPS) is 10.7. The molecule has 7 nitrogen and oxygen atoms in total. The Morgan fingerprint density at radius 2 is 2.29 bits per heavy atom. The zero-order valence-corrected chi connectivity index (χ0v) is 12.3. The maximum Gasteiger partial charge on any atom is 0.261 e. The molecule has 0 bridgehead atoms. The smallest absolute Gasteiger partial charge is 0.261 e. The quantitative estimate of drug-likeness (QED) is 0.751. The molecule has 0 spiro atoms. The Morgan fingerprint density at radius 3 is 3.10 bits per heavy atom. The number of fused-ring (bicyclic) bond motifs is 1. The van der Waals surface area contributed by atoms with Crippen LogP contribution in [0.4, 0.5) is 5.69 Å². The molecule has 0 aliphatic heterocycles. The van der Waals surface area contributed by atoms with Crippen LogP contribution in [0, 0.1) is 0 Å². The van der Waals surface area contributed by atoms with Gasteiger partial charge in [0.15, 0.2) is 5.65 Å². The Morgan fingerprint density at radius 1 is 1.43 bits per heavy atom. The lowest BCUT2D eigenvalue weighted by Gasteiger charge is -2.06. The molecule has 3 aromatic rings. The molecule has 0 aliphatic carbocycles.